The van der Waals surface area contributed by atoms with Gasteiger partial charge in [-0.25, -0.2) is 4.98 Å². The van der Waals surface area contributed by atoms with Gasteiger partial charge in [0.1, 0.15) is 5.82 Å². The maximum atomic E-state index is 5.84. The second kappa shape index (κ2) is 6.73. The minimum Gasteiger partial charge on any atom is -0.380 e. The molecule has 18 heavy (non-hydrogen) atoms. The molecule has 0 N–H and O–H groups in total. The molecule has 0 bridgehead atoms. The summed E-state index contributed by atoms with van der Waals surface area (Å²) in [7, 11) is 0. The van der Waals surface area contributed by atoms with Crippen LogP contribution in [0.4, 0.5) is 0 Å². The highest BCUT2D eigenvalue weighted by molar-refractivity contribution is 14.1. The highest BCUT2D eigenvalue weighted by Gasteiger charge is 2.10. The Morgan fingerprint density at radius 3 is 3.00 bits per heavy atom. The number of alkyl halides is 1. The molecule has 2 rings (SSSR count). The second-order valence-corrected chi connectivity index (χ2v) is 5.57. The van der Waals surface area contributed by atoms with E-state index < -0.39 is 0 Å². The molecule has 0 atom stereocenters. The van der Waals surface area contributed by atoms with E-state index in [1.807, 2.05) is 6.92 Å². The molecule has 1 heterocycles. The van der Waals surface area contributed by atoms with Gasteiger partial charge in [-0.05, 0) is 47.7 Å². The Hall–Kier alpha value is -0.330. The molecule has 0 aliphatic heterocycles. The number of aromatic nitrogens is 2. The number of ether oxygens (including phenoxy) is 1. The molecule has 1 aromatic heterocycles. The van der Waals surface area contributed by atoms with Crippen molar-refractivity contribution in [1.82, 2.24) is 9.55 Å². The number of benzene rings is 1. The SMILES string of the molecule is CCOCCn1c(CCCl)nc2cc(I)ccc21. The van der Waals surface area contributed by atoms with Gasteiger partial charge in [-0.1, -0.05) is 0 Å². The lowest BCUT2D eigenvalue weighted by Gasteiger charge is -2.08. The monoisotopic (exact) mass is 378 g/mol. The topological polar surface area (TPSA) is 27.1 Å². The maximum Gasteiger partial charge on any atom is 0.111 e. The Labute approximate surface area is 126 Å². The van der Waals surface area contributed by atoms with E-state index in [1.54, 1.807) is 0 Å². The van der Waals surface area contributed by atoms with Crippen LogP contribution in [0.15, 0.2) is 18.2 Å². The van der Waals surface area contributed by atoms with Crippen molar-refractivity contribution in [2.75, 3.05) is 19.1 Å². The van der Waals surface area contributed by atoms with Crippen LogP contribution in [0, 0.1) is 3.57 Å². The van der Waals surface area contributed by atoms with E-state index in [0.29, 0.717) is 12.5 Å². The van der Waals surface area contributed by atoms with Crippen molar-refractivity contribution in [2.24, 2.45) is 0 Å². The van der Waals surface area contributed by atoms with Gasteiger partial charge >= 0.3 is 0 Å². The normalized spacial score (nSPS) is 11.3. The smallest absolute Gasteiger partial charge is 0.111 e. The number of imidazole rings is 1. The lowest BCUT2D eigenvalue weighted by Crippen LogP contribution is -2.09. The standard InChI is InChI=1S/C13H16ClIN2O/c1-2-18-8-7-17-12-4-3-10(15)9-11(12)16-13(17)5-6-14/h3-4,9H,2,5-8H2,1H3. The zero-order valence-corrected chi connectivity index (χ0v) is 13.2. The Bertz CT molecular complexity index is 527. The van der Waals surface area contributed by atoms with Crippen LogP contribution in [0.5, 0.6) is 0 Å². The molecule has 0 aliphatic carbocycles. The van der Waals surface area contributed by atoms with Crippen molar-refractivity contribution in [2.45, 2.75) is 19.9 Å². The average molecular weight is 379 g/mol. The van der Waals surface area contributed by atoms with E-state index in [-0.39, 0.29) is 0 Å². The zero-order chi connectivity index (χ0) is 13.0. The summed E-state index contributed by atoms with van der Waals surface area (Å²) in [4.78, 5) is 4.66. The molecule has 0 aliphatic rings. The molecular weight excluding hydrogens is 363 g/mol. The quantitative estimate of drug-likeness (QED) is 0.437. The van der Waals surface area contributed by atoms with Crippen molar-refractivity contribution < 1.29 is 4.74 Å². The fourth-order valence-corrected chi connectivity index (χ4v) is 2.62. The van der Waals surface area contributed by atoms with Crippen molar-refractivity contribution in [3.63, 3.8) is 0 Å². The van der Waals surface area contributed by atoms with Gasteiger partial charge in [0.05, 0.1) is 17.6 Å². The third-order valence-electron chi connectivity index (χ3n) is 2.77. The molecule has 5 heteroatoms. The largest absolute Gasteiger partial charge is 0.380 e. The first-order valence-electron chi connectivity index (χ1n) is 6.04. The molecule has 0 unspecified atom stereocenters. The van der Waals surface area contributed by atoms with Gasteiger partial charge in [0.15, 0.2) is 0 Å². The lowest BCUT2D eigenvalue weighted by molar-refractivity contribution is 0.139. The van der Waals surface area contributed by atoms with E-state index in [0.717, 1.165) is 36.4 Å². The molecule has 98 valence electrons. The molecule has 0 saturated carbocycles. The summed E-state index contributed by atoms with van der Waals surface area (Å²) >= 11 is 8.15. The first-order valence-corrected chi connectivity index (χ1v) is 7.66. The summed E-state index contributed by atoms with van der Waals surface area (Å²) in [5, 5.41) is 0. The fourth-order valence-electron chi connectivity index (χ4n) is 1.98. The molecule has 3 nitrogen and oxygen atoms in total. The summed E-state index contributed by atoms with van der Waals surface area (Å²) in [6.07, 6.45) is 0.791. The van der Waals surface area contributed by atoms with Crippen LogP contribution in [0.2, 0.25) is 0 Å². The third-order valence-corrected chi connectivity index (χ3v) is 3.63. The fraction of sp³-hybridized carbons (Fsp3) is 0.462. The van der Waals surface area contributed by atoms with Crippen LogP contribution < -0.4 is 0 Å². The Morgan fingerprint density at radius 1 is 1.44 bits per heavy atom. The predicted molar refractivity (Wildman–Crippen MR) is 83.4 cm³/mol. The summed E-state index contributed by atoms with van der Waals surface area (Å²) in [5.74, 6) is 1.64. The van der Waals surface area contributed by atoms with Crippen LogP contribution >= 0.6 is 34.2 Å². The van der Waals surface area contributed by atoms with E-state index in [9.17, 15) is 0 Å². The highest BCUT2D eigenvalue weighted by Crippen LogP contribution is 2.19. The van der Waals surface area contributed by atoms with Gasteiger partial charge in [0, 0.05) is 29.0 Å². The molecule has 1 aromatic carbocycles. The first-order chi connectivity index (χ1) is 8.76. The number of rotatable bonds is 6. The van der Waals surface area contributed by atoms with Gasteiger partial charge in [-0.15, -0.1) is 11.6 Å². The van der Waals surface area contributed by atoms with Gasteiger partial charge in [0.2, 0.25) is 0 Å². The van der Waals surface area contributed by atoms with E-state index in [2.05, 4.69) is 50.3 Å². The highest BCUT2D eigenvalue weighted by atomic mass is 127. The van der Waals surface area contributed by atoms with Crippen LogP contribution in [-0.2, 0) is 17.7 Å². The Balaban J connectivity index is 2.35. The van der Waals surface area contributed by atoms with Crippen molar-refractivity contribution in [1.29, 1.82) is 0 Å². The molecule has 0 amide bonds. The second-order valence-electron chi connectivity index (χ2n) is 3.95. The van der Waals surface area contributed by atoms with Gasteiger partial charge < -0.3 is 9.30 Å². The molecular formula is C13H16ClIN2O. The van der Waals surface area contributed by atoms with Crippen molar-refractivity contribution >= 4 is 45.2 Å². The van der Waals surface area contributed by atoms with Crippen LogP contribution in [0.1, 0.15) is 12.7 Å². The molecule has 2 aromatic rings. The Kier molecular flexibility index (Phi) is 5.26. The average Bonchev–Trinajstić information content (AvgIpc) is 2.67. The molecule has 0 radical (unpaired) electrons. The number of aryl methyl sites for hydroxylation is 1. The molecule has 0 spiro atoms. The van der Waals surface area contributed by atoms with Crippen LogP contribution in [-0.4, -0.2) is 28.6 Å². The molecule has 0 fully saturated rings. The number of fused-ring (bicyclic) bond motifs is 1. The number of hydrogen-bond acceptors (Lipinski definition) is 2. The van der Waals surface area contributed by atoms with Gasteiger partial charge in [-0.2, -0.15) is 0 Å². The third kappa shape index (κ3) is 3.16. The van der Waals surface area contributed by atoms with E-state index in [4.69, 9.17) is 16.3 Å². The number of halogens is 2. The first kappa shape index (κ1) is 14.1. The van der Waals surface area contributed by atoms with Gasteiger partial charge in [-0.3, -0.25) is 0 Å². The van der Waals surface area contributed by atoms with E-state index in [1.165, 1.54) is 3.57 Å². The minimum absolute atomic E-state index is 0.592. The zero-order valence-electron chi connectivity index (χ0n) is 10.3. The van der Waals surface area contributed by atoms with Crippen molar-refractivity contribution in [3.05, 3.63) is 27.6 Å². The van der Waals surface area contributed by atoms with Crippen LogP contribution in [0.25, 0.3) is 11.0 Å². The number of hydrogen-bond donors (Lipinski definition) is 0. The van der Waals surface area contributed by atoms with Crippen LogP contribution in [0.3, 0.4) is 0 Å². The van der Waals surface area contributed by atoms with E-state index >= 15 is 0 Å². The minimum atomic E-state index is 0.592. The van der Waals surface area contributed by atoms with Crippen molar-refractivity contribution in [3.8, 4) is 0 Å². The summed E-state index contributed by atoms with van der Waals surface area (Å²) in [6, 6.07) is 6.32. The summed E-state index contributed by atoms with van der Waals surface area (Å²) in [6.45, 7) is 4.30. The van der Waals surface area contributed by atoms with Gasteiger partial charge in [0.25, 0.3) is 0 Å². The molecule has 0 saturated heterocycles. The predicted octanol–water partition coefficient (Wildman–Crippen LogP) is 3.46. The maximum absolute atomic E-state index is 5.84. The summed E-state index contributed by atoms with van der Waals surface area (Å²) < 4.78 is 8.84. The lowest BCUT2D eigenvalue weighted by atomic mass is 10.3. The Morgan fingerprint density at radius 2 is 2.28 bits per heavy atom. The summed E-state index contributed by atoms with van der Waals surface area (Å²) in [5.41, 5.74) is 2.20. The number of nitrogens with zero attached hydrogens (tertiary/aromatic N) is 2.